The summed E-state index contributed by atoms with van der Waals surface area (Å²) in [6.45, 7) is 3.78. The van der Waals surface area contributed by atoms with Gasteiger partial charge in [0, 0.05) is 0 Å². The van der Waals surface area contributed by atoms with Gasteiger partial charge in [-0.25, -0.2) is 9.18 Å². The van der Waals surface area contributed by atoms with E-state index < -0.39 is 23.7 Å². The fourth-order valence-electron chi connectivity index (χ4n) is 2.65. The number of rotatable bonds is 6. The summed E-state index contributed by atoms with van der Waals surface area (Å²) in [6.07, 6.45) is 0.0565. The van der Waals surface area contributed by atoms with Crippen molar-refractivity contribution >= 4 is 11.9 Å². The van der Waals surface area contributed by atoms with Gasteiger partial charge in [-0.05, 0) is 48.2 Å². The van der Waals surface area contributed by atoms with E-state index in [1.54, 1.807) is 0 Å². The highest BCUT2D eigenvalue weighted by molar-refractivity contribution is 5.86. The largest absolute Gasteiger partial charge is 0.494 e. The van der Waals surface area contributed by atoms with Crippen LogP contribution in [0.2, 0.25) is 0 Å². The van der Waals surface area contributed by atoms with Crippen molar-refractivity contribution < 1.29 is 23.8 Å². The molecule has 25 heavy (non-hydrogen) atoms. The number of amides is 1. The number of ether oxygens (including phenoxy) is 1. The maximum absolute atomic E-state index is 13.8. The molecule has 2 aromatic carbocycles. The van der Waals surface area contributed by atoms with Crippen molar-refractivity contribution in [2.45, 2.75) is 26.3 Å². The molecular weight excluding hydrogens is 325 g/mol. The Bertz CT molecular complexity index is 784. The Balaban J connectivity index is 2.20. The van der Waals surface area contributed by atoms with E-state index in [9.17, 15) is 19.1 Å². The van der Waals surface area contributed by atoms with Gasteiger partial charge in [0.05, 0.1) is 13.5 Å². The zero-order valence-electron chi connectivity index (χ0n) is 14.3. The Hall–Kier alpha value is -2.89. The molecule has 0 spiro atoms. The number of carbonyl (C=O) groups is 2. The van der Waals surface area contributed by atoms with E-state index in [0.29, 0.717) is 0 Å². The molecular formula is C19H20FNO4. The molecule has 5 nitrogen and oxygen atoms in total. The highest BCUT2D eigenvalue weighted by Crippen LogP contribution is 2.22. The van der Waals surface area contributed by atoms with Crippen molar-refractivity contribution in [3.8, 4) is 5.75 Å². The van der Waals surface area contributed by atoms with Gasteiger partial charge in [-0.1, -0.05) is 24.3 Å². The van der Waals surface area contributed by atoms with Crippen molar-refractivity contribution in [2.75, 3.05) is 7.11 Å². The maximum Gasteiger partial charge on any atom is 0.330 e. The van der Waals surface area contributed by atoms with E-state index in [1.165, 1.54) is 19.2 Å². The van der Waals surface area contributed by atoms with Crippen LogP contribution in [0.1, 0.15) is 28.3 Å². The Kier molecular flexibility index (Phi) is 5.75. The predicted molar refractivity (Wildman–Crippen MR) is 91.1 cm³/mol. The molecule has 2 aromatic rings. The SMILES string of the molecule is COc1ccc(C(NC(=O)Cc2c(C)cccc2C)C(=O)O)cc1F. The zero-order valence-corrected chi connectivity index (χ0v) is 14.3. The van der Waals surface area contributed by atoms with E-state index >= 15 is 0 Å². The molecule has 0 heterocycles. The van der Waals surface area contributed by atoms with Crippen LogP contribution in [0.5, 0.6) is 5.75 Å². The number of halogens is 1. The van der Waals surface area contributed by atoms with Crippen molar-refractivity contribution in [1.29, 1.82) is 0 Å². The number of hydrogen-bond acceptors (Lipinski definition) is 3. The number of methoxy groups -OCH3 is 1. The van der Waals surface area contributed by atoms with Crippen LogP contribution in [0.15, 0.2) is 36.4 Å². The van der Waals surface area contributed by atoms with Crippen molar-refractivity contribution in [1.82, 2.24) is 5.32 Å². The molecule has 1 amide bonds. The fourth-order valence-corrected chi connectivity index (χ4v) is 2.65. The summed E-state index contributed by atoms with van der Waals surface area (Å²) in [4.78, 5) is 23.8. The molecule has 0 saturated carbocycles. The Labute approximate surface area is 145 Å². The number of carbonyl (C=O) groups excluding carboxylic acids is 1. The molecule has 0 fully saturated rings. The van der Waals surface area contributed by atoms with Crippen LogP contribution in [-0.4, -0.2) is 24.1 Å². The lowest BCUT2D eigenvalue weighted by atomic mass is 9.99. The highest BCUT2D eigenvalue weighted by Gasteiger charge is 2.24. The quantitative estimate of drug-likeness (QED) is 0.844. The number of benzene rings is 2. The normalized spacial score (nSPS) is 11.7. The molecule has 0 aliphatic heterocycles. The molecule has 132 valence electrons. The van der Waals surface area contributed by atoms with Crippen LogP contribution in [-0.2, 0) is 16.0 Å². The molecule has 1 atom stereocenters. The van der Waals surface area contributed by atoms with E-state index in [2.05, 4.69) is 5.32 Å². The van der Waals surface area contributed by atoms with Crippen LogP contribution in [0, 0.1) is 19.7 Å². The lowest BCUT2D eigenvalue weighted by Crippen LogP contribution is -2.35. The smallest absolute Gasteiger partial charge is 0.330 e. The summed E-state index contributed by atoms with van der Waals surface area (Å²) in [5.74, 6) is -2.38. The molecule has 2 N–H and O–H groups in total. The van der Waals surface area contributed by atoms with Crippen LogP contribution in [0.3, 0.4) is 0 Å². The first kappa shape index (κ1) is 18.4. The first-order chi connectivity index (χ1) is 11.8. The van der Waals surface area contributed by atoms with Gasteiger partial charge in [0.25, 0.3) is 0 Å². The summed E-state index contributed by atoms with van der Waals surface area (Å²) in [7, 11) is 1.32. The topological polar surface area (TPSA) is 75.6 Å². The van der Waals surface area contributed by atoms with Gasteiger partial charge in [0.2, 0.25) is 5.91 Å². The average Bonchev–Trinajstić information content (AvgIpc) is 2.56. The summed E-state index contributed by atoms with van der Waals surface area (Å²) in [5, 5.41) is 11.9. The average molecular weight is 345 g/mol. The molecule has 0 aromatic heterocycles. The second-order valence-electron chi connectivity index (χ2n) is 5.78. The minimum atomic E-state index is -1.34. The van der Waals surface area contributed by atoms with E-state index in [-0.39, 0.29) is 17.7 Å². The number of nitrogens with one attached hydrogen (secondary N) is 1. The maximum atomic E-state index is 13.8. The van der Waals surface area contributed by atoms with Crippen LogP contribution >= 0.6 is 0 Å². The molecule has 0 aliphatic rings. The second kappa shape index (κ2) is 7.79. The molecule has 6 heteroatoms. The summed E-state index contributed by atoms with van der Waals surface area (Å²) in [6, 6.07) is 8.14. The van der Waals surface area contributed by atoms with Gasteiger partial charge in [0.15, 0.2) is 17.6 Å². The molecule has 0 aliphatic carbocycles. The third-order valence-electron chi connectivity index (χ3n) is 4.04. The molecule has 1 unspecified atom stereocenters. The van der Waals surface area contributed by atoms with E-state index in [0.717, 1.165) is 22.8 Å². The Morgan fingerprint density at radius 1 is 1.20 bits per heavy atom. The summed E-state index contributed by atoms with van der Waals surface area (Å²) < 4.78 is 18.7. The van der Waals surface area contributed by atoms with Gasteiger partial charge in [-0.15, -0.1) is 0 Å². The first-order valence-corrected chi connectivity index (χ1v) is 7.74. The number of hydrogen-bond donors (Lipinski definition) is 2. The Morgan fingerprint density at radius 2 is 1.84 bits per heavy atom. The van der Waals surface area contributed by atoms with Gasteiger partial charge >= 0.3 is 5.97 Å². The summed E-state index contributed by atoms with van der Waals surface area (Å²) in [5.41, 5.74) is 2.90. The second-order valence-corrected chi connectivity index (χ2v) is 5.78. The van der Waals surface area contributed by atoms with Crippen LogP contribution < -0.4 is 10.1 Å². The highest BCUT2D eigenvalue weighted by atomic mass is 19.1. The summed E-state index contributed by atoms with van der Waals surface area (Å²) >= 11 is 0. The standard InChI is InChI=1S/C19H20FNO4/c1-11-5-4-6-12(2)14(11)10-17(22)21-18(19(23)24)13-7-8-16(25-3)15(20)9-13/h4-9,18H,10H2,1-3H3,(H,21,22)(H,23,24). The zero-order chi connectivity index (χ0) is 18.6. The number of carboxylic acids is 1. The third-order valence-corrected chi connectivity index (χ3v) is 4.04. The number of carboxylic acid groups (broad SMARTS) is 1. The van der Waals surface area contributed by atoms with Crippen molar-refractivity contribution in [3.63, 3.8) is 0 Å². The van der Waals surface area contributed by atoms with Gasteiger partial charge in [-0.2, -0.15) is 0 Å². The minimum absolute atomic E-state index is 0.00903. The third kappa shape index (κ3) is 4.35. The lowest BCUT2D eigenvalue weighted by Gasteiger charge is -2.17. The molecule has 0 bridgehead atoms. The lowest BCUT2D eigenvalue weighted by molar-refractivity contribution is -0.142. The monoisotopic (exact) mass is 345 g/mol. The Morgan fingerprint density at radius 3 is 2.36 bits per heavy atom. The van der Waals surface area contributed by atoms with Crippen LogP contribution in [0.4, 0.5) is 4.39 Å². The number of aryl methyl sites for hydroxylation is 2. The molecule has 2 rings (SSSR count). The van der Waals surface area contributed by atoms with E-state index in [4.69, 9.17) is 4.74 Å². The van der Waals surface area contributed by atoms with E-state index in [1.807, 2.05) is 32.0 Å². The van der Waals surface area contributed by atoms with Crippen molar-refractivity contribution in [3.05, 3.63) is 64.5 Å². The molecule has 0 radical (unpaired) electrons. The number of aliphatic carboxylic acids is 1. The predicted octanol–water partition coefficient (Wildman–Crippen LogP) is 2.94. The fraction of sp³-hybridized carbons (Fsp3) is 0.263. The van der Waals surface area contributed by atoms with Gasteiger partial charge in [0.1, 0.15) is 0 Å². The van der Waals surface area contributed by atoms with Crippen molar-refractivity contribution in [2.24, 2.45) is 0 Å². The minimum Gasteiger partial charge on any atom is -0.494 e. The van der Waals surface area contributed by atoms with Crippen LogP contribution in [0.25, 0.3) is 0 Å². The van der Waals surface area contributed by atoms with Gasteiger partial charge < -0.3 is 15.2 Å². The van der Waals surface area contributed by atoms with Gasteiger partial charge in [-0.3, -0.25) is 4.79 Å². The first-order valence-electron chi connectivity index (χ1n) is 7.74. The molecule has 0 saturated heterocycles.